The minimum absolute atomic E-state index is 0.0744. The van der Waals surface area contributed by atoms with Crippen LogP contribution in [0, 0.1) is 23.0 Å². The van der Waals surface area contributed by atoms with Gasteiger partial charge in [0.25, 0.3) is 6.33 Å². The van der Waals surface area contributed by atoms with Crippen molar-refractivity contribution in [3.63, 3.8) is 0 Å². The maximum atomic E-state index is 15.2. The molecule has 2 atom stereocenters. The Kier molecular flexibility index (Phi) is 8.20. The van der Waals surface area contributed by atoms with Crippen LogP contribution in [0.15, 0.2) is 84.8 Å². The molecule has 1 N–H and O–H groups in total. The Morgan fingerprint density at radius 3 is 2.57 bits per heavy atom. The van der Waals surface area contributed by atoms with E-state index in [0.717, 1.165) is 23.3 Å². The molecular weight excluding hydrogens is 560 g/mol. The lowest BCUT2D eigenvalue weighted by molar-refractivity contribution is -0.689. The minimum Gasteiger partial charge on any atom is -0.427 e. The van der Waals surface area contributed by atoms with Crippen LogP contribution in [0.4, 0.5) is 8.78 Å². The van der Waals surface area contributed by atoms with E-state index in [4.69, 9.17) is 15.0 Å². The van der Waals surface area contributed by atoms with E-state index in [2.05, 4.69) is 11.2 Å². The minimum atomic E-state index is -1.84. The molecule has 0 saturated carbocycles. The zero-order valence-electron chi connectivity index (χ0n) is 22.7. The Labute approximate surface area is 244 Å². The summed E-state index contributed by atoms with van der Waals surface area (Å²) < 4.78 is 37.4. The molecule has 5 aromatic rings. The van der Waals surface area contributed by atoms with Crippen molar-refractivity contribution in [2.75, 3.05) is 0 Å². The molecule has 0 amide bonds. The summed E-state index contributed by atoms with van der Waals surface area (Å²) in [5, 5.41) is 28.0. The summed E-state index contributed by atoms with van der Waals surface area (Å²) in [5.74, 6) is -2.29. The lowest BCUT2D eigenvalue weighted by Crippen LogP contribution is -2.39. The van der Waals surface area contributed by atoms with Crippen LogP contribution < -0.4 is 9.30 Å². The Balaban J connectivity index is 1.42. The van der Waals surface area contributed by atoms with Gasteiger partial charge in [-0.25, -0.2) is 18.3 Å². The smallest absolute Gasteiger partial charge is 0.308 e. The van der Waals surface area contributed by atoms with Crippen LogP contribution in [0.5, 0.6) is 5.75 Å². The zero-order valence-corrected chi connectivity index (χ0v) is 23.6. The molecule has 0 radical (unpaired) electrons. The monoisotopic (exact) mass is 586 g/mol. The fraction of sp³-hybridized carbons (Fsp3) is 0.194. The number of rotatable bonds is 9. The number of esters is 1. The van der Waals surface area contributed by atoms with E-state index in [1.54, 1.807) is 60.5 Å². The van der Waals surface area contributed by atoms with Gasteiger partial charge in [-0.2, -0.15) is 5.26 Å². The van der Waals surface area contributed by atoms with Crippen LogP contribution in [-0.4, -0.2) is 25.8 Å². The summed E-state index contributed by atoms with van der Waals surface area (Å²) in [4.78, 5) is 15.9. The molecule has 0 aliphatic rings. The van der Waals surface area contributed by atoms with Crippen molar-refractivity contribution < 1.29 is 28.0 Å². The Morgan fingerprint density at radius 1 is 1.17 bits per heavy atom. The third-order valence-corrected chi connectivity index (χ3v) is 7.93. The van der Waals surface area contributed by atoms with Gasteiger partial charge in [-0.05, 0) is 35.9 Å². The van der Waals surface area contributed by atoms with Crippen LogP contribution in [0.25, 0.3) is 11.3 Å². The lowest BCUT2D eigenvalue weighted by Gasteiger charge is -2.32. The second-order valence-corrected chi connectivity index (χ2v) is 10.8. The van der Waals surface area contributed by atoms with Gasteiger partial charge in [0.15, 0.2) is 0 Å². The van der Waals surface area contributed by atoms with Crippen LogP contribution in [-0.2, 0) is 23.5 Å². The van der Waals surface area contributed by atoms with E-state index < -0.39 is 29.1 Å². The molecule has 3 aromatic carbocycles. The van der Waals surface area contributed by atoms with E-state index in [9.17, 15) is 14.3 Å². The van der Waals surface area contributed by atoms with Gasteiger partial charge < -0.3 is 9.84 Å². The van der Waals surface area contributed by atoms with Crippen molar-refractivity contribution in [1.82, 2.24) is 14.8 Å². The topological polar surface area (TPSA) is 105 Å². The number of benzene rings is 3. The first-order valence-corrected chi connectivity index (χ1v) is 13.9. The molecule has 212 valence electrons. The number of carbonyl (C=O) groups is 1. The Bertz CT molecular complexity index is 1760. The van der Waals surface area contributed by atoms with Crippen LogP contribution in [0.2, 0.25) is 0 Å². The highest BCUT2D eigenvalue weighted by Gasteiger charge is 2.43. The van der Waals surface area contributed by atoms with Crippen LogP contribution in [0.1, 0.15) is 41.5 Å². The van der Waals surface area contributed by atoms with Gasteiger partial charge in [0.2, 0.25) is 6.33 Å². The third-order valence-electron chi connectivity index (χ3n) is 6.90. The number of thiazole rings is 1. The normalized spacial score (nSPS) is 13.2. The summed E-state index contributed by atoms with van der Waals surface area (Å²) in [6, 6.07) is 19.2. The van der Waals surface area contributed by atoms with E-state index in [1.165, 1.54) is 29.0 Å². The highest BCUT2D eigenvalue weighted by molar-refractivity contribution is 7.10. The molecule has 0 bridgehead atoms. The average molecular weight is 587 g/mol. The number of aromatic nitrogens is 4. The number of nitriles is 1. The van der Waals surface area contributed by atoms with Gasteiger partial charge in [-0.3, -0.25) is 4.79 Å². The highest BCUT2D eigenvalue weighted by Crippen LogP contribution is 2.41. The Hall–Kier alpha value is -4.79. The van der Waals surface area contributed by atoms with E-state index in [0.29, 0.717) is 28.6 Å². The van der Waals surface area contributed by atoms with Crippen molar-refractivity contribution in [3.8, 4) is 23.1 Å². The first-order valence-electron chi connectivity index (χ1n) is 13.0. The van der Waals surface area contributed by atoms with Crippen molar-refractivity contribution in [2.45, 2.75) is 38.5 Å². The predicted octanol–water partition coefficient (Wildman–Crippen LogP) is 5.11. The van der Waals surface area contributed by atoms with Crippen molar-refractivity contribution >= 4 is 17.3 Å². The molecule has 8 nitrogen and oxygen atoms in total. The second-order valence-electron chi connectivity index (χ2n) is 9.88. The lowest BCUT2D eigenvalue weighted by atomic mass is 9.82. The van der Waals surface area contributed by atoms with Crippen molar-refractivity contribution in [2.24, 2.45) is 0 Å². The molecule has 2 aromatic heterocycles. The molecule has 0 spiro atoms. The predicted molar refractivity (Wildman–Crippen MR) is 150 cm³/mol. The fourth-order valence-electron chi connectivity index (χ4n) is 4.65. The molecule has 42 heavy (non-hydrogen) atoms. The summed E-state index contributed by atoms with van der Waals surface area (Å²) in [6.45, 7) is 3.38. The molecular formula is C31H26F2N5O3S+. The number of aliphatic hydroxyl groups is 1. The standard InChI is InChI=1S/C31H26F2N5O3S/c1-20(30-36-29(16-42-30)24-7-3-22(14-34)4-8-24)31(40,27-12-9-25(32)13-28(27)33)17-38-19-37(18-35-38)15-23-5-10-26(11-6-23)41-21(2)39/h3-13,16,18-20,40H,15,17H2,1-2H3/q+1/t20-,31+/m0/s1. The van der Waals surface area contributed by atoms with Crippen molar-refractivity contribution in [1.29, 1.82) is 5.26 Å². The van der Waals surface area contributed by atoms with Gasteiger partial charge in [-0.15, -0.1) is 16.0 Å². The number of hydrogen-bond donors (Lipinski definition) is 1. The average Bonchev–Trinajstić information content (AvgIpc) is 3.63. The summed E-state index contributed by atoms with van der Waals surface area (Å²) in [6.07, 6.45) is 3.27. The quantitative estimate of drug-likeness (QED) is 0.146. The van der Waals surface area contributed by atoms with Gasteiger partial charge >= 0.3 is 5.97 Å². The van der Waals surface area contributed by atoms with E-state index in [1.807, 2.05) is 17.5 Å². The van der Waals surface area contributed by atoms with Gasteiger partial charge in [0.1, 0.15) is 29.5 Å². The van der Waals surface area contributed by atoms with Gasteiger partial charge in [0.05, 0.1) is 28.9 Å². The molecule has 0 unspecified atom stereocenters. The highest BCUT2D eigenvalue weighted by atomic mass is 32.1. The van der Waals surface area contributed by atoms with Crippen LogP contribution in [0.3, 0.4) is 0 Å². The SMILES string of the molecule is CC(=O)Oc1ccc(C[n+]2cnn(C[C@](O)(c3ccc(F)cc3F)[C@@H](C)c3nc(-c4ccc(C#N)cc4)cs3)c2)cc1. The molecule has 2 heterocycles. The molecule has 0 saturated heterocycles. The van der Waals surface area contributed by atoms with Crippen LogP contribution >= 0.6 is 11.3 Å². The third kappa shape index (κ3) is 6.25. The Morgan fingerprint density at radius 2 is 1.90 bits per heavy atom. The first kappa shape index (κ1) is 28.7. The van der Waals surface area contributed by atoms with Gasteiger partial charge in [0, 0.05) is 40.5 Å². The van der Waals surface area contributed by atoms with Gasteiger partial charge in [-0.1, -0.05) is 37.3 Å². The molecule has 0 aliphatic heterocycles. The summed E-state index contributed by atoms with van der Waals surface area (Å²) in [7, 11) is 0. The summed E-state index contributed by atoms with van der Waals surface area (Å²) >= 11 is 1.32. The molecule has 11 heteroatoms. The van der Waals surface area contributed by atoms with E-state index >= 15 is 4.39 Å². The molecule has 0 fully saturated rings. The number of carbonyl (C=O) groups excluding carboxylic acids is 1. The number of halogens is 2. The number of hydrogen-bond acceptors (Lipinski definition) is 7. The molecule has 0 aliphatic carbocycles. The number of ether oxygens (including phenoxy) is 1. The zero-order chi connectivity index (χ0) is 29.9. The maximum absolute atomic E-state index is 15.2. The fourth-order valence-corrected chi connectivity index (χ4v) is 5.62. The van der Waals surface area contributed by atoms with Crippen molar-refractivity contribution in [3.05, 3.63) is 118 Å². The second kappa shape index (κ2) is 12.0. The molecule has 5 rings (SSSR count). The summed E-state index contributed by atoms with van der Waals surface area (Å²) in [5.41, 5.74) is 0.988. The first-order chi connectivity index (χ1) is 20.1. The van der Waals surface area contributed by atoms with E-state index in [-0.39, 0.29) is 12.1 Å². The maximum Gasteiger partial charge on any atom is 0.308 e. The number of nitrogens with zero attached hydrogens (tertiary/aromatic N) is 5. The largest absolute Gasteiger partial charge is 0.427 e.